The standard InChI is InChI=1S/C13H14ClNS/c1-8-5-10(7-11(14)6-8)12(15)13-9(2)3-4-16-13/h3-7,12H,15H2,1-2H3. The quantitative estimate of drug-likeness (QED) is 0.856. The molecule has 1 heterocycles. The third-order valence-electron chi connectivity index (χ3n) is 2.61. The highest BCUT2D eigenvalue weighted by molar-refractivity contribution is 7.10. The molecule has 1 unspecified atom stereocenters. The molecule has 1 aromatic carbocycles. The molecule has 2 rings (SSSR count). The summed E-state index contributed by atoms with van der Waals surface area (Å²) in [5.41, 5.74) is 9.72. The zero-order chi connectivity index (χ0) is 11.7. The number of benzene rings is 1. The minimum atomic E-state index is -0.0719. The predicted molar refractivity (Wildman–Crippen MR) is 71.3 cm³/mol. The lowest BCUT2D eigenvalue weighted by molar-refractivity contribution is 0.883. The van der Waals surface area contributed by atoms with Crippen molar-refractivity contribution >= 4 is 22.9 Å². The summed E-state index contributed by atoms with van der Waals surface area (Å²) < 4.78 is 0. The molecule has 2 N–H and O–H groups in total. The fraction of sp³-hybridized carbons (Fsp3) is 0.231. The van der Waals surface area contributed by atoms with Crippen molar-refractivity contribution in [1.82, 2.24) is 0 Å². The summed E-state index contributed by atoms with van der Waals surface area (Å²) in [5, 5.41) is 2.82. The van der Waals surface area contributed by atoms with Crippen molar-refractivity contribution in [1.29, 1.82) is 0 Å². The van der Waals surface area contributed by atoms with Gasteiger partial charge in [0.25, 0.3) is 0 Å². The minimum Gasteiger partial charge on any atom is -0.320 e. The molecule has 0 bridgehead atoms. The van der Waals surface area contributed by atoms with Crippen LogP contribution in [0.15, 0.2) is 29.6 Å². The number of hydrogen-bond acceptors (Lipinski definition) is 2. The molecule has 1 nitrogen and oxygen atoms in total. The maximum atomic E-state index is 6.25. The Bertz CT molecular complexity index is 484. The predicted octanol–water partition coefficient (Wildman–Crippen LogP) is 4.07. The van der Waals surface area contributed by atoms with Crippen molar-refractivity contribution in [2.75, 3.05) is 0 Å². The third-order valence-corrected chi connectivity index (χ3v) is 3.93. The molecule has 3 heteroatoms. The number of thiophene rings is 1. The molecule has 16 heavy (non-hydrogen) atoms. The number of halogens is 1. The van der Waals surface area contributed by atoms with Gasteiger partial charge in [0.1, 0.15) is 0 Å². The lowest BCUT2D eigenvalue weighted by Crippen LogP contribution is -2.11. The summed E-state index contributed by atoms with van der Waals surface area (Å²) >= 11 is 7.74. The van der Waals surface area contributed by atoms with Crippen molar-refractivity contribution < 1.29 is 0 Å². The van der Waals surface area contributed by atoms with Crippen LogP contribution in [0.1, 0.15) is 27.6 Å². The normalized spacial score (nSPS) is 12.8. The molecular weight excluding hydrogens is 238 g/mol. The lowest BCUT2D eigenvalue weighted by Gasteiger charge is -2.13. The zero-order valence-electron chi connectivity index (χ0n) is 9.33. The molecule has 0 amide bonds. The first kappa shape index (κ1) is 11.6. The Labute approximate surface area is 105 Å². The van der Waals surface area contributed by atoms with E-state index in [0.29, 0.717) is 0 Å². The molecule has 0 saturated heterocycles. The first-order chi connectivity index (χ1) is 7.58. The number of rotatable bonds is 2. The van der Waals surface area contributed by atoms with E-state index in [1.54, 1.807) is 11.3 Å². The van der Waals surface area contributed by atoms with Gasteiger partial charge in [-0.15, -0.1) is 11.3 Å². The SMILES string of the molecule is Cc1cc(Cl)cc(C(N)c2sccc2C)c1. The summed E-state index contributed by atoms with van der Waals surface area (Å²) in [6.45, 7) is 4.12. The summed E-state index contributed by atoms with van der Waals surface area (Å²) in [5.74, 6) is 0. The van der Waals surface area contributed by atoms with Gasteiger partial charge in [-0.2, -0.15) is 0 Å². The molecule has 84 valence electrons. The molecule has 0 aliphatic carbocycles. The Hall–Kier alpha value is -0.830. The summed E-state index contributed by atoms with van der Waals surface area (Å²) in [7, 11) is 0. The largest absolute Gasteiger partial charge is 0.320 e. The van der Waals surface area contributed by atoms with E-state index in [9.17, 15) is 0 Å². The van der Waals surface area contributed by atoms with Gasteiger partial charge in [0.05, 0.1) is 6.04 Å². The van der Waals surface area contributed by atoms with E-state index in [1.165, 1.54) is 10.4 Å². The van der Waals surface area contributed by atoms with Gasteiger partial charge >= 0.3 is 0 Å². The van der Waals surface area contributed by atoms with Crippen LogP contribution in [-0.4, -0.2) is 0 Å². The van der Waals surface area contributed by atoms with E-state index in [4.69, 9.17) is 17.3 Å². The summed E-state index contributed by atoms with van der Waals surface area (Å²) in [6.07, 6.45) is 0. The van der Waals surface area contributed by atoms with Crippen LogP contribution in [-0.2, 0) is 0 Å². The molecule has 1 aromatic heterocycles. The Morgan fingerprint density at radius 2 is 2.00 bits per heavy atom. The molecule has 0 aliphatic heterocycles. The molecule has 0 aliphatic rings. The van der Waals surface area contributed by atoms with Gasteiger partial charge in [-0.3, -0.25) is 0 Å². The monoisotopic (exact) mass is 251 g/mol. The fourth-order valence-electron chi connectivity index (χ4n) is 1.80. The van der Waals surface area contributed by atoms with E-state index in [1.807, 2.05) is 19.1 Å². The minimum absolute atomic E-state index is 0.0719. The molecule has 0 spiro atoms. The lowest BCUT2D eigenvalue weighted by atomic mass is 10.0. The first-order valence-electron chi connectivity index (χ1n) is 5.14. The average Bonchev–Trinajstić information content (AvgIpc) is 2.62. The second-order valence-electron chi connectivity index (χ2n) is 4.01. The molecule has 1 atom stereocenters. The first-order valence-corrected chi connectivity index (χ1v) is 6.40. The zero-order valence-corrected chi connectivity index (χ0v) is 10.9. The summed E-state index contributed by atoms with van der Waals surface area (Å²) in [6, 6.07) is 8.00. The van der Waals surface area contributed by atoms with Crippen LogP contribution in [0.25, 0.3) is 0 Å². The summed E-state index contributed by atoms with van der Waals surface area (Å²) in [4.78, 5) is 1.21. The molecule has 2 aromatic rings. The van der Waals surface area contributed by atoms with Gasteiger partial charge in [-0.05, 0) is 54.1 Å². The topological polar surface area (TPSA) is 26.0 Å². The highest BCUT2D eigenvalue weighted by Gasteiger charge is 2.13. The Morgan fingerprint density at radius 1 is 1.25 bits per heavy atom. The third kappa shape index (κ3) is 2.29. The van der Waals surface area contributed by atoms with Crippen LogP contribution in [0, 0.1) is 13.8 Å². The molecule has 0 saturated carbocycles. The maximum absolute atomic E-state index is 6.25. The second kappa shape index (κ2) is 4.58. The molecule has 0 radical (unpaired) electrons. The van der Waals surface area contributed by atoms with Crippen LogP contribution >= 0.6 is 22.9 Å². The van der Waals surface area contributed by atoms with Gasteiger partial charge in [-0.25, -0.2) is 0 Å². The van der Waals surface area contributed by atoms with Crippen LogP contribution in [0.5, 0.6) is 0 Å². The van der Waals surface area contributed by atoms with E-state index >= 15 is 0 Å². The van der Waals surface area contributed by atoms with Crippen molar-refractivity contribution in [3.8, 4) is 0 Å². The Kier molecular flexibility index (Phi) is 3.33. The molecule has 0 fully saturated rings. The van der Waals surface area contributed by atoms with Gasteiger partial charge in [0.15, 0.2) is 0 Å². The van der Waals surface area contributed by atoms with Gasteiger partial charge in [-0.1, -0.05) is 17.7 Å². The highest BCUT2D eigenvalue weighted by atomic mass is 35.5. The van der Waals surface area contributed by atoms with Crippen LogP contribution in [0.4, 0.5) is 0 Å². The van der Waals surface area contributed by atoms with Crippen molar-refractivity contribution in [2.24, 2.45) is 5.73 Å². The second-order valence-corrected chi connectivity index (χ2v) is 5.39. The highest BCUT2D eigenvalue weighted by Crippen LogP contribution is 2.29. The van der Waals surface area contributed by atoms with E-state index in [-0.39, 0.29) is 6.04 Å². The van der Waals surface area contributed by atoms with E-state index in [2.05, 4.69) is 24.4 Å². The Morgan fingerprint density at radius 3 is 2.56 bits per heavy atom. The fourth-order valence-corrected chi connectivity index (χ4v) is 3.05. The smallest absolute Gasteiger partial charge is 0.0649 e. The van der Waals surface area contributed by atoms with Crippen molar-refractivity contribution in [3.63, 3.8) is 0 Å². The number of hydrogen-bond donors (Lipinski definition) is 1. The van der Waals surface area contributed by atoms with E-state index < -0.39 is 0 Å². The van der Waals surface area contributed by atoms with Gasteiger partial charge < -0.3 is 5.73 Å². The average molecular weight is 252 g/mol. The van der Waals surface area contributed by atoms with Crippen LogP contribution in [0.3, 0.4) is 0 Å². The number of aryl methyl sites for hydroxylation is 2. The molecular formula is C13H14ClNS. The van der Waals surface area contributed by atoms with E-state index in [0.717, 1.165) is 16.1 Å². The van der Waals surface area contributed by atoms with Gasteiger partial charge in [0, 0.05) is 9.90 Å². The van der Waals surface area contributed by atoms with Crippen molar-refractivity contribution in [2.45, 2.75) is 19.9 Å². The Balaban J connectivity index is 2.41. The van der Waals surface area contributed by atoms with Gasteiger partial charge in [0.2, 0.25) is 0 Å². The van der Waals surface area contributed by atoms with Crippen molar-refractivity contribution in [3.05, 3.63) is 56.2 Å². The van der Waals surface area contributed by atoms with Crippen LogP contribution < -0.4 is 5.73 Å². The number of nitrogens with two attached hydrogens (primary N) is 1. The maximum Gasteiger partial charge on any atom is 0.0649 e. The van der Waals surface area contributed by atoms with Crippen LogP contribution in [0.2, 0.25) is 5.02 Å².